The van der Waals surface area contributed by atoms with Crippen molar-refractivity contribution in [3.8, 4) is 34.6 Å². The van der Waals surface area contributed by atoms with Crippen molar-refractivity contribution in [3.63, 3.8) is 0 Å². The zero-order chi connectivity index (χ0) is 42.0. The van der Waals surface area contributed by atoms with Crippen molar-refractivity contribution >= 4 is 68.7 Å². The summed E-state index contributed by atoms with van der Waals surface area (Å²) >= 11 is 0. The zero-order valence-corrected chi connectivity index (χ0v) is 32.5. The Kier molecular flexibility index (Phi) is 9.50. The summed E-state index contributed by atoms with van der Waals surface area (Å²) in [6, 6.07) is 30.1. The van der Waals surface area contributed by atoms with Crippen LogP contribution in [-0.4, -0.2) is 44.5 Å². The van der Waals surface area contributed by atoms with E-state index in [0.29, 0.717) is 62.7 Å². The van der Waals surface area contributed by atoms with Gasteiger partial charge in [0.2, 0.25) is 5.95 Å². The van der Waals surface area contributed by atoms with Crippen LogP contribution in [0.15, 0.2) is 149 Å². The van der Waals surface area contributed by atoms with Crippen molar-refractivity contribution in [1.29, 1.82) is 0 Å². The van der Waals surface area contributed by atoms with Gasteiger partial charge in [0.05, 0.1) is 23.9 Å². The molecule has 0 saturated heterocycles. The molecule has 0 amide bonds. The van der Waals surface area contributed by atoms with E-state index in [4.69, 9.17) is 40.6 Å². The van der Waals surface area contributed by atoms with E-state index in [9.17, 15) is 0 Å². The molecule has 11 rings (SSSR count). The SMILES string of the molecule is Nc1nc(N)c2c(Nc3cccc(Oc4cccc5c4CC=C5)c3)nn(-c3ccncc3)c2n1.Nc1ncnc2c1c(Nc1ccccc1Oc1ccco1)nn2-c1ccoc1. The summed E-state index contributed by atoms with van der Waals surface area (Å²) in [6.45, 7) is 0. The first kappa shape index (κ1) is 37.1. The fourth-order valence-corrected chi connectivity index (χ4v) is 6.91. The number of hydrogen-bond acceptors (Lipinski definition) is 16. The summed E-state index contributed by atoms with van der Waals surface area (Å²) in [4.78, 5) is 21.0. The monoisotopic (exact) mass is 822 g/mol. The van der Waals surface area contributed by atoms with E-state index >= 15 is 0 Å². The molecule has 0 aliphatic heterocycles. The van der Waals surface area contributed by atoms with Crippen LogP contribution >= 0.6 is 0 Å². The van der Waals surface area contributed by atoms with E-state index in [1.165, 1.54) is 17.5 Å². The normalized spacial score (nSPS) is 11.6. The summed E-state index contributed by atoms with van der Waals surface area (Å²) in [5.74, 6) is 4.13. The molecule has 18 nitrogen and oxygen atoms in total. The lowest BCUT2D eigenvalue weighted by molar-refractivity contribution is 0.348. The molecule has 0 unspecified atom stereocenters. The molecule has 0 saturated carbocycles. The van der Waals surface area contributed by atoms with Crippen LogP contribution in [0.3, 0.4) is 0 Å². The molecule has 0 atom stereocenters. The lowest BCUT2D eigenvalue weighted by Gasteiger charge is -2.12. The molecular weight excluding hydrogens is 789 g/mol. The quantitative estimate of drug-likeness (QED) is 0.0866. The maximum absolute atomic E-state index is 6.22. The maximum atomic E-state index is 6.22. The molecule has 0 fully saturated rings. The Bertz CT molecular complexity index is 3220. The van der Waals surface area contributed by atoms with Gasteiger partial charge in [0.15, 0.2) is 28.7 Å². The van der Waals surface area contributed by atoms with Gasteiger partial charge in [-0.25, -0.2) is 19.3 Å². The third-order valence-electron chi connectivity index (χ3n) is 9.68. The van der Waals surface area contributed by atoms with Crippen molar-refractivity contribution in [1.82, 2.24) is 44.5 Å². The summed E-state index contributed by atoms with van der Waals surface area (Å²) in [6.07, 6.45) is 14.6. The minimum absolute atomic E-state index is 0.0760. The second-order valence-electron chi connectivity index (χ2n) is 13.7. The fourth-order valence-electron chi connectivity index (χ4n) is 6.91. The minimum Gasteiger partial charge on any atom is -0.470 e. The van der Waals surface area contributed by atoms with Crippen LogP contribution < -0.4 is 37.3 Å². The van der Waals surface area contributed by atoms with Gasteiger partial charge >= 0.3 is 0 Å². The zero-order valence-electron chi connectivity index (χ0n) is 32.5. The molecule has 3 aromatic carbocycles. The fraction of sp³-hybridized carbons (Fsp3) is 0.0227. The van der Waals surface area contributed by atoms with Crippen LogP contribution in [0.1, 0.15) is 11.1 Å². The number of furan rings is 2. The molecule has 8 N–H and O–H groups in total. The number of nitrogens with zero attached hydrogens (tertiary/aromatic N) is 9. The number of anilines is 7. The highest BCUT2D eigenvalue weighted by molar-refractivity contribution is 5.99. The molecule has 0 radical (unpaired) electrons. The molecule has 18 heteroatoms. The third-order valence-corrected chi connectivity index (χ3v) is 9.68. The molecule has 7 aromatic heterocycles. The lowest BCUT2D eigenvalue weighted by atomic mass is 10.1. The number of allylic oxidation sites excluding steroid dienone is 1. The maximum Gasteiger partial charge on any atom is 0.289 e. The van der Waals surface area contributed by atoms with Crippen LogP contribution in [0.25, 0.3) is 39.5 Å². The van der Waals surface area contributed by atoms with E-state index in [0.717, 1.165) is 29.2 Å². The summed E-state index contributed by atoms with van der Waals surface area (Å²) in [7, 11) is 0. The van der Waals surface area contributed by atoms with Crippen molar-refractivity contribution in [2.75, 3.05) is 27.8 Å². The number of hydrogen-bond donors (Lipinski definition) is 5. The standard InChI is InChI=1S/C25H20N8O.C19H14N6O3/c26-22-21-23(32-33(17-10-12-28-13-11-17)24(21)31-25(27)30-22)29-16-6-3-7-18(14-16)34-20-9-2-5-15-4-1-8-19(15)20;20-17-16-18(24-25(12-7-9-26-10-12)19(16)22-11-21-17)23-13-4-1-2-5-14(13)28-15-6-3-8-27-15/h1-7,9-14H,8H2,(H,29,32)(H4,26,27,30,31);1-11H,(H,23,24)(H2,20,21,22). The van der Waals surface area contributed by atoms with E-state index in [-0.39, 0.29) is 11.8 Å². The van der Waals surface area contributed by atoms with Crippen LogP contribution in [0.4, 0.5) is 40.6 Å². The third kappa shape index (κ3) is 7.26. The number of nitrogens with one attached hydrogen (secondary N) is 2. The first-order chi connectivity index (χ1) is 30.4. The van der Waals surface area contributed by atoms with Gasteiger partial charge in [-0.3, -0.25) is 4.98 Å². The van der Waals surface area contributed by atoms with Crippen LogP contribution in [0.5, 0.6) is 23.2 Å². The molecule has 1 aliphatic rings. The summed E-state index contributed by atoms with van der Waals surface area (Å²) in [5.41, 5.74) is 24.6. The van der Waals surface area contributed by atoms with Gasteiger partial charge in [0.1, 0.15) is 52.2 Å². The van der Waals surface area contributed by atoms with E-state index < -0.39 is 0 Å². The van der Waals surface area contributed by atoms with E-state index in [1.807, 2.05) is 72.8 Å². The average molecular weight is 823 g/mol. The topological polar surface area (TPSA) is 247 Å². The molecule has 62 heavy (non-hydrogen) atoms. The van der Waals surface area contributed by atoms with Crippen molar-refractivity contribution in [3.05, 3.63) is 152 Å². The van der Waals surface area contributed by atoms with Crippen molar-refractivity contribution in [2.45, 2.75) is 6.42 Å². The number of para-hydroxylation sites is 2. The first-order valence-corrected chi connectivity index (χ1v) is 19.1. The molecule has 0 spiro atoms. The number of rotatable bonds is 10. The number of ether oxygens (including phenoxy) is 2. The Labute approximate surface area is 351 Å². The van der Waals surface area contributed by atoms with Gasteiger partial charge in [-0.15, -0.1) is 10.2 Å². The Morgan fingerprint density at radius 2 is 1.48 bits per heavy atom. The van der Waals surface area contributed by atoms with Gasteiger partial charge in [-0.1, -0.05) is 42.5 Å². The number of fused-ring (bicyclic) bond motifs is 3. The van der Waals surface area contributed by atoms with E-state index in [2.05, 4.69) is 58.9 Å². The number of pyridine rings is 1. The van der Waals surface area contributed by atoms with Crippen LogP contribution in [0, 0.1) is 0 Å². The lowest BCUT2D eigenvalue weighted by Crippen LogP contribution is -2.03. The molecular formula is C44H34N14O4. The average Bonchev–Trinajstić information content (AvgIpc) is 4.14. The highest BCUT2D eigenvalue weighted by Gasteiger charge is 2.21. The van der Waals surface area contributed by atoms with Crippen molar-refractivity contribution in [2.24, 2.45) is 0 Å². The van der Waals surface area contributed by atoms with E-state index in [1.54, 1.807) is 58.7 Å². The van der Waals surface area contributed by atoms with Gasteiger partial charge in [-0.2, -0.15) is 9.97 Å². The number of benzene rings is 3. The largest absolute Gasteiger partial charge is 0.470 e. The van der Waals surface area contributed by atoms with Gasteiger partial charge in [0.25, 0.3) is 5.95 Å². The van der Waals surface area contributed by atoms with Crippen LogP contribution in [-0.2, 0) is 6.42 Å². The van der Waals surface area contributed by atoms with Crippen LogP contribution in [0.2, 0.25) is 0 Å². The highest BCUT2D eigenvalue weighted by atomic mass is 16.6. The smallest absolute Gasteiger partial charge is 0.289 e. The minimum atomic E-state index is 0.0760. The molecule has 304 valence electrons. The Morgan fingerprint density at radius 1 is 0.677 bits per heavy atom. The molecule has 10 aromatic rings. The Morgan fingerprint density at radius 3 is 2.32 bits per heavy atom. The molecule has 0 bridgehead atoms. The van der Waals surface area contributed by atoms with Crippen molar-refractivity contribution < 1.29 is 18.3 Å². The second-order valence-corrected chi connectivity index (χ2v) is 13.7. The number of aromatic nitrogens is 9. The predicted octanol–water partition coefficient (Wildman–Crippen LogP) is 8.60. The Balaban J connectivity index is 0.000000151. The summed E-state index contributed by atoms with van der Waals surface area (Å²) in [5, 5.41) is 17.1. The number of nitrogens with two attached hydrogens (primary N) is 3. The first-order valence-electron chi connectivity index (χ1n) is 19.1. The predicted molar refractivity (Wildman–Crippen MR) is 234 cm³/mol. The molecule has 1 aliphatic carbocycles. The van der Waals surface area contributed by atoms with Gasteiger partial charge in [0, 0.05) is 41.8 Å². The van der Waals surface area contributed by atoms with Gasteiger partial charge < -0.3 is 46.1 Å². The second kappa shape index (κ2) is 15.9. The van der Waals surface area contributed by atoms with Gasteiger partial charge in [-0.05, 0) is 60.5 Å². The highest BCUT2D eigenvalue weighted by Crippen LogP contribution is 2.37. The summed E-state index contributed by atoms with van der Waals surface area (Å²) < 4.78 is 25.8. The number of nitrogen functional groups attached to an aromatic ring is 3. The molecule has 7 heterocycles. The Hall–Kier alpha value is -9.19.